The average molecular weight is 537 g/mol. The van der Waals surface area contributed by atoms with Crippen molar-refractivity contribution in [1.29, 1.82) is 0 Å². The first-order chi connectivity index (χ1) is 16.2. The third-order valence-electron chi connectivity index (χ3n) is 4.69. The van der Waals surface area contributed by atoms with Gasteiger partial charge in [0.2, 0.25) is 0 Å². The molecule has 3 aromatic rings. The molecule has 3 rings (SSSR count). The molecule has 0 bridgehead atoms. The number of nitrogens with one attached hydrogen (secondary N) is 1. The lowest BCUT2D eigenvalue weighted by atomic mass is 10.0. The zero-order chi connectivity index (χ0) is 24.9. The number of rotatable bonds is 8. The highest BCUT2D eigenvalue weighted by atomic mass is 35.5. The number of pyridine rings is 2. The van der Waals surface area contributed by atoms with Crippen molar-refractivity contribution >= 4 is 35.6 Å². The molecule has 2 aromatic heterocycles. The summed E-state index contributed by atoms with van der Waals surface area (Å²) in [4.78, 5) is 20.3. The second-order valence-electron chi connectivity index (χ2n) is 7.08. The summed E-state index contributed by atoms with van der Waals surface area (Å²) >= 11 is 5.79. The third-order valence-corrected chi connectivity index (χ3v) is 5.12. The molecule has 0 saturated heterocycles. The number of nitrogens with zero attached hydrogens (tertiary/aromatic N) is 2. The molecular formula is C22H19Cl2F5N4O2. The van der Waals surface area contributed by atoms with Crippen LogP contribution in [0.5, 0.6) is 5.75 Å². The Kier molecular flexibility index (Phi) is 9.75. The number of amides is 1. The molecule has 0 saturated carbocycles. The number of anilines is 1. The molecule has 1 unspecified atom stereocenters. The van der Waals surface area contributed by atoms with Crippen LogP contribution < -0.4 is 15.8 Å². The van der Waals surface area contributed by atoms with Gasteiger partial charge in [-0.25, -0.2) is 13.8 Å². The number of carbonyl (C=O) groups excluding carboxylic acids is 1. The number of alkyl halides is 4. The quantitative estimate of drug-likeness (QED) is 0.301. The van der Waals surface area contributed by atoms with Gasteiger partial charge in [-0.2, -0.15) is 13.2 Å². The highest BCUT2D eigenvalue weighted by molar-refractivity contribution is 6.18. The molecule has 188 valence electrons. The first-order valence-corrected chi connectivity index (χ1v) is 10.4. The Balaban J connectivity index is 0.00000432. The fourth-order valence-corrected chi connectivity index (χ4v) is 3.12. The van der Waals surface area contributed by atoms with Crippen LogP contribution >= 0.6 is 24.0 Å². The summed E-state index contributed by atoms with van der Waals surface area (Å²) in [6, 6.07) is 5.38. The van der Waals surface area contributed by atoms with Crippen LogP contribution in [0.2, 0.25) is 0 Å². The summed E-state index contributed by atoms with van der Waals surface area (Å²) in [5.74, 6) is -3.17. The minimum atomic E-state index is -4.97. The van der Waals surface area contributed by atoms with Crippen molar-refractivity contribution in [2.24, 2.45) is 11.7 Å². The van der Waals surface area contributed by atoms with E-state index >= 15 is 0 Å². The van der Waals surface area contributed by atoms with Gasteiger partial charge in [0.15, 0.2) is 0 Å². The van der Waals surface area contributed by atoms with Gasteiger partial charge in [0.1, 0.15) is 28.8 Å². The molecule has 0 spiro atoms. The standard InChI is InChI=1S/C22H18ClF5N4O2.ClH/c23-8-12(9-29)11-34-18-6-7-30-10-17(18)32-21(33)16-5-4-13(22(26,27)28)20(31-16)19-14(24)2-1-3-15(19)25;/h1-7,10,12H,8-9,11,29H2,(H,32,33);1H. The molecule has 0 aliphatic rings. The monoisotopic (exact) mass is 536 g/mol. The van der Waals surface area contributed by atoms with Crippen molar-refractivity contribution in [1.82, 2.24) is 9.97 Å². The summed E-state index contributed by atoms with van der Waals surface area (Å²) in [5.41, 5.74) is 1.72. The minimum Gasteiger partial charge on any atom is -0.491 e. The number of benzene rings is 1. The molecule has 1 atom stereocenters. The number of hydrogen-bond donors (Lipinski definition) is 2. The van der Waals surface area contributed by atoms with Crippen molar-refractivity contribution in [3.05, 3.63) is 71.7 Å². The van der Waals surface area contributed by atoms with Gasteiger partial charge in [0, 0.05) is 24.1 Å². The number of halogens is 7. The van der Waals surface area contributed by atoms with E-state index in [1.54, 1.807) is 0 Å². The van der Waals surface area contributed by atoms with Gasteiger partial charge in [-0.1, -0.05) is 6.07 Å². The lowest BCUT2D eigenvalue weighted by molar-refractivity contribution is -0.137. The molecule has 1 amide bonds. The van der Waals surface area contributed by atoms with E-state index in [-0.39, 0.29) is 48.8 Å². The van der Waals surface area contributed by atoms with Crippen LogP contribution in [0.1, 0.15) is 16.1 Å². The van der Waals surface area contributed by atoms with E-state index in [4.69, 9.17) is 22.1 Å². The van der Waals surface area contributed by atoms with E-state index in [1.165, 1.54) is 18.5 Å². The fourth-order valence-electron chi connectivity index (χ4n) is 2.90. The first-order valence-electron chi connectivity index (χ1n) is 9.82. The van der Waals surface area contributed by atoms with Crippen LogP contribution in [-0.4, -0.2) is 34.9 Å². The average Bonchev–Trinajstić information content (AvgIpc) is 2.80. The second kappa shape index (κ2) is 12.1. The summed E-state index contributed by atoms with van der Waals surface area (Å²) in [5, 5.41) is 2.43. The van der Waals surface area contributed by atoms with Gasteiger partial charge >= 0.3 is 6.18 Å². The first kappa shape index (κ1) is 28.2. The molecule has 2 heterocycles. The van der Waals surface area contributed by atoms with Crippen LogP contribution in [-0.2, 0) is 6.18 Å². The summed E-state index contributed by atoms with van der Waals surface area (Å²) < 4.78 is 74.7. The number of ether oxygens (including phenoxy) is 1. The number of nitrogens with two attached hydrogens (primary N) is 1. The van der Waals surface area contributed by atoms with Crippen LogP contribution in [0, 0.1) is 17.6 Å². The maximum atomic E-state index is 14.3. The Morgan fingerprint density at radius 2 is 1.83 bits per heavy atom. The largest absolute Gasteiger partial charge is 0.491 e. The predicted molar refractivity (Wildman–Crippen MR) is 123 cm³/mol. The van der Waals surface area contributed by atoms with Crippen molar-refractivity contribution < 1.29 is 31.5 Å². The minimum absolute atomic E-state index is 0. The number of hydrogen-bond acceptors (Lipinski definition) is 5. The zero-order valence-electron chi connectivity index (χ0n) is 17.8. The SMILES string of the molecule is Cl.NCC(CCl)COc1ccncc1NC(=O)c1ccc(C(F)(F)F)c(-c2c(F)cccc2F)n1. The molecule has 6 nitrogen and oxygen atoms in total. The van der Waals surface area contributed by atoms with Crippen LogP contribution in [0.3, 0.4) is 0 Å². The van der Waals surface area contributed by atoms with E-state index in [1.807, 2.05) is 0 Å². The Morgan fingerprint density at radius 1 is 1.14 bits per heavy atom. The van der Waals surface area contributed by atoms with Gasteiger partial charge in [0.05, 0.1) is 29.6 Å². The highest BCUT2D eigenvalue weighted by Crippen LogP contribution is 2.38. The fraction of sp³-hybridized carbons (Fsp3) is 0.227. The lowest BCUT2D eigenvalue weighted by Gasteiger charge is -2.16. The molecule has 3 N–H and O–H groups in total. The molecular weight excluding hydrogens is 518 g/mol. The summed E-state index contributed by atoms with van der Waals surface area (Å²) in [6.07, 6.45) is -2.32. The molecule has 0 aliphatic heterocycles. The van der Waals surface area contributed by atoms with Crippen molar-refractivity contribution in [2.45, 2.75) is 6.18 Å². The predicted octanol–water partition coefficient (Wildman–Crippen LogP) is 5.31. The van der Waals surface area contributed by atoms with Gasteiger partial charge in [0.25, 0.3) is 5.91 Å². The van der Waals surface area contributed by atoms with Gasteiger partial charge in [-0.05, 0) is 30.8 Å². The van der Waals surface area contributed by atoms with Gasteiger partial charge in [-0.3, -0.25) is 9.78 Å². The molecule has 0 radical (unpaired) electrons. The summed E-state index contributed by atoms with van der Waals surface area (Å²) in [7, 11) is 0. The van der Waals surface area contributed by atoms with Gasteiger partial charge in [-0.15, -0.1) is 24.0 Å². The van der Waals surface area contributed by atoms with E-state index in [9.17, 15) is 26.7 Å². The van der Waals surface area contributed by atoms with E-state index < -0.39 is 46.2 Å². The van der Waals surface area contributed by atoms with E-state index in [2.05, 4.69) is 15.3 Å². The lowest BCUT2D eigenvalue weighted by Crippen LogP contribution is -2.23. The molecule has 1 aromatic carbocycles. The maximum absolute atomic E-state index is 14.3. The zero-order valence-corrected chi connectivity index (χ0v) is 19.4. The summed E-state index contributed by atoms with van der Waals surface area (Å²) in [6.45, 7) is 0.406. The van der Waals surface area contributed by atoms with E-state index in [0.29, 0.717) is 6.07 Å². The Labute approximate surface area is 208 Å². The van der Waals surface area contributed by atoms with Crippen molar-refractivity contribution in [2.75, 3.05) is 24.3 Å². The van der Waals surface area contributed by atoms with E-state index in [0.717, 1.165) is 24.3 Å². The maximum Gasteiger partial charge on any atom is 0.418 e. The van der Waals surface area contributed by atoms with Crippen LogP contribution in [0.4, 0.5) is 27.6 Å². The van der Waals surface area contributed by atoms with Crippen molar-refractivity contribution in [3.8, 4) is 17.0 Å². The Morgan fingerprint density at radius 3 is 2.43 bits per heavy atom. The Hall–Kier alpha value is -3.02. The Bertz CT molecular complexity index is 1160. The second-order valence-corrected chi connectivity index (χ2v) is 7.39. The molecule has 0 aliphatic carbocycles. The van der Waals surface area contributed by atoms with Crippen molar-refractivity contribution in [3.63, 3.8) is 0 Å². The highest BCUT2D eigenvalue weighted by Gasteiger charge is 2.36. The third kappa shape index (κ3) is 6.77. The smallest absolute Gasteiger partial charge is 0.418 e. The normalized spacial score (nSPS) is 12.0. The van der Waals surface area contributed by atoms with Crippen LogP contribution in [0.25, 0.3) is 11.3 Å². The molecule has 0 fully saturated rings. The van der Waals surface area contributed by atoms with Gasteiger partial charge < -0.3 is 15.8 Å². The topological polar surface area (TPSA) is 90.1 Å². The number of carbonyl (C=O) groups is 1. The van der Waals surface area contributed by atoms with Crippen LogP contribution in [0.15, 0.2) is 48.8 Å². The number of aromatic nitrogens is 2. The molecule has 13 heteroatoms. The molecule has 35 heavy (non-hydrogen) atoms.